The molecule has 1 aromatic carbocycles. The number of carbonyl (C=O) groups excluding carboxylic acids is 2. The number of hydrogen-bond acceptors (Lipinski definition) is 4. The monoisotopic (exact) mass is 371 g/mol. The van der Waals surface area contributed by atoms with Gasteiger partial charge < -0.3 is 10.1 Å². The first-order valence-electron chi connectivity index (χ1n) is 8.78. The third-order valence-electron chi connectivity index (χ3n) is 6.01. The minimum absolute atomic E-state index is 0.0203. The van der Waals surface area contributed by atoms with Crippen LogP contribution in [0.15, 0.2) is 41.8 Å². The summed E-state index contributed by atoms with van der Waals surface area (Å²) in [7, 11) is 0. The van der Waals surface area contributed by atoms with Crippen molar-refractivity contribution in [1.29, 1.82) is 0 Å². The summed E-state index contributed by atoms with van der Waals surface area (Å²) in [4.78, 5) is 24.6. The summed E-state index contributed by atoms with van der Waals surface area (Å²) in [5.41, 5.74) is 2.03. The Labute approximate surface area is 158 Å². The van der Waals surface area contributed by atoms with Gasteiger partial charge in [0, 0.05) is 10.8 Å². The summed E-state index contributed by atoms with van der Waals surface area (Å²) >= 11 is 1.62. The molecule has 1 N–H and O–H groups in total. The molecule has 0 aliphatic heterocycles. The van der Waals surface area contributed by atoms with Crippen LogP contribution in [0.2, 0.25) is 0 Å². The molecule has 1 aliphatic carbocycles. The fraction of sp³-hybridized carbons (Fsp3) is 0.429. The number of rotatable bonds is 7. The molecule has 1 amide bonds. The molecule has 0 saturated heterocycles. The van der Waals surface area contributed by atoms with E-state index in [1.54, 1.807) is 11.3 Å². The van der Waals surface area contributed by atoms with Gasteiger partial charge in [-0.3, -0.25) is 9.59 Å². The van der Waals surface area contributed by atoms with Crippen molar-refractivity contribution in [2.75, 3.05) is 6.61 Å². The second-order valence-corrected chi connectivity index (χ2v) is 8.89. The van der Waals surface area contributed by atoms with Gasteiger partial charge in [-0.25, -0.2) is 0 Å². The second-order valence-electron chi connectivity index (χ2n) is 7.98. The van der Waals surface area contributed by atoms with Gasteiger partial charge in [-0.15, -0.1) is 11.3 Å². The molecule has 1 saturated carbocycles. The van der Waals surface area contributed by atoms with Crippen LogP contribution in [-0.2, 0) is 14.3 Å². The van der Waals surface area contributed by atoms with Crippen LogP contribution in [0.1, 0.15) is 39.3 Å². The first kappa shape index (κ1) is 18.6. The van der Waals surface area contributed by atoms with Gasteiger partial charge in [-0.1, -0.05) is 58.0 Å². The van der Waals surface area contributed by atoms with E-state index >= 15 is 0 Å². The van der Waals surface area contributed by atoms with Gasteiger partial charge in [-0.2, -0.15) is 0 Å². The van der Waals surface area contributed by atoms with Crippen molar-refractivity contribution in [3.63, 3.8) is 0 Å². The third-order valence-corrected chi connectivity index (χ3v) is 7.01. The Bertz CT molecular complexity index is 781. The zero-order valence-electron chi connectivity index (χ0n) is 15.6. The van der Waals surface area contributed by atoms with Crippen molar-refractivity contribution < 1.29 is 14.3 Å². The number of carbonyl (C=O) groups is 2. The Balaban J connectivity index is 1.78. The van der Waals surface area contributed by atoms with E-state index in [9.17, 15) is 9.59 Å². The van der Waals surface area contributed by atoms with Crippen LogP contribution >= 0.6 is 11.3 Å². The van der Waals surface area contributed by atoms with Crippen molar-refractivity contribution in [2.24, 2.45) is 16.7 Å². The quantitative estimate of drug-likeness (QED) is 0.733. The summed E-state index contributed by atoms with van der Waals surface area (Å²) in [6.07, 6.45) is 0. The van der Waals surface area contributed by atoms with E-state index in [0.29, 0.717) is 6.47 Å². The maximum Gasteiger partial charge on any atom is 0.293 e. The Morgan fingerprint density at radius 1 is 1.23 bits per heavy atom. The number of nitrogens with one attached hydrogen (secondary N) is 1. The SMILES string of the molecule is CC1(C)C(C(=O)NC(COC=O)c2csc(-c3ccccc3)c2)C1(C)C. The molecule has 26 heavy (non-hydrogen) atoms. The summed E-state index contributed by atoms with van der Waals surface area (Å²) in [6.45, 7) is 9.03. The van der Waals surface area contributed by atoms with E-state index in [4.69, 9.17) is 4.74 Å². The molecule has 0 radical (unpaired) electrons. The molecule has 138 valence electrons. The standard InChI is InChI=1S/C21H25NO3S/c1-20(2)18(21(20,3)4)19(24)22-16(11-25-13-23)15-10-17(26-12-15)14-8-6-5-7-9-14/h5-10,12-13,16,18H,11H2,1-4H3,(H,22,24). The molecule has 1 atom stereocenters. The molecule has 1 unspecified atom stereocenters. The largest absolute Gasteiger partial charge is 0.465 e. The molecule has 0 bridgehead atoms. The molecule has 4 nitrogen and oxygen atoms in total. The number of hydrogen-bond donors (Lipinski definition) is 1. The molecule has 0 spiro atoms. The summed E-state index contributed by atoms with van der Waals surface area (Å²) < 4.78 is 4.98. The smallest absolute Gasteiger partial charge is 0.293 e. The lowest BCUT2D eigenvalue weighted by molar-refractivity contribution is -0.131. The number of ether oxygens (including phenoxy) is 1. The molecule has 3 rings (SSSR count). The van der Waals surface area contributed by atoms with E-state index in [1.165, 1.54) is 0 Å². The predicted octanol–water partition coefficient (Wildman–Crippen LogP) is 4.43. The Kier molecular flexibility index (Phi) is 4.93. The third kappa shape index (κ3) is 3.28. The van der Waals surface area contributed by atoms with Crippen LogP contribution in [0.3, 0.4) is 0 Å². The van der Waals surface area contributed by atoms with E-state index < -0.39 is 0 Å². The molecule has 1 fully saturated rings. The maximum atomic E-state index is 12.8. The van der Waals surface area contributed by atoms with E-state index in [2.05, 4.69) is 51.2 Å². The molecular weight excluding hydrogens is 346 g/mol. The first-order chi connectivity index (χ1) is 12.3. The molecule has 1 aromatic heterocycles. The van der Waals surface area contributed by atoms with Crippen molar-refractivity contribution >= 4 is 23.7 Å². The van der Waals surface area contributed by atoms with E-state index in [0.717, 1.165) is 16.0 Å². The summed E-state index contributed by atoms with van der Waals surface area (Å²) in [6, 6.07) is 11.8. The normalized spacial score (nSPS) is 18.8. The van der Waals surface area contributed by atoms with Crippen LogP contribution < -0.4 is 5.32 Å². The highest BCUT2D eigenvalue weighted by molar-refractivity contribution is 7.13. The van der Waals surface area contributed by atoms with Gasteiger partial charge in [0.25, 0.3) is 6.47 Å². The highest BCUT2D eigenvalue weighted by Gasteiger charge is 2.68. The van der Waals surface area contributed by atoms with Gasteiger partial charge in [0.2, 0.25) is 5.91 Å². The zero-order chi connectivity index (χ0) is 18.9. The average Bonchev–Trinajstić information content (AvgIpc) is 2.96. The van der Waals surface area contributed by atoms with Gasteiger partial charge in [-0.05, 0) is 33.4 Å². The fourth-order valence-corrected chi connectivity index (χ4v) is 4.72. The van der Waals surface area contributed by atoms with Crippen LogP contribution in [0.4, 0.5) is 0 Å². The predicted molar refractivity (Wildman–Crippen MR) is 104 cm³/mol. The molecule has 1 heterocycles. The molecule has 5 heteroatoms. The van der Waals surface area contributed by atoms with Crippen LogP contribution in [0, 0.1) is 16.7 Å². The topological polar surface area (TPSA) is 55.4 Å². The number of thiophene rings is 1. The Morgan fingerprint density at radius 3 is 2.46 bits per heavy atom. The van der Waals surface area contributed by atoms with Crippen molar-refractivity contribution in [1.82, 2.24) is 5.32 Å². The minimum Gasteiger partial charge on any atom is -0.465 e. The maximum absolute atomic E-state index is 12.8. The van der Waals surface area contributed by atoms with E-state index in [1.807, 2.05) is 23.6 Å². The lowest BCUT2D eigenvalue weighted by Crippen LogP contribution is -2.33. The minimum atomic E-state index is -0.339. The van der Waals surface area contributed by atoms with Gasteiger partial charge in [0.1, 0.15) is 6.61 Å². The first-order valence-corrected chi connectivity index (χ1v) is 9.66. The Morgan fingerprint density at radius 2 is 1.88 bits per heavy atom. The van der Waals surface area contributed by atoms with Crippen LogP contribution in [-0.4, -0.2) is 19.0 Å². The lowest BCUT2D eigenvalue weighted by atomic mass is 10.0. The molecule has 2 aromatic rings. The van der Waals surface area contributed by atoms with E-state index in [-0.39, 0.29) is 35.3 Å². The van der Waals surface area contributed by atoms with Crippen LogP contribution in [0.25, 0.3) is 10.4 Å². The highest BCUT2D eigenvalue weighted by atomic mass is 32.1. The average molecular weight is 372 g/mol. The molecule has 1 aliphatic rings. The van der Waals surface area contributed by atoms with Crippen molar-refractivity contribution in [3.8, 4) is 10.4 Å². The van der Waals surface area contributed by atoms with Crippen molar-refractivity contribution in [2.45, 2.75) is 33.7 Å². The fourth-order valence-electron chi connectivity index (χ4n) is 3.75. The van der Waals surface area contributed by atoms with Crippen molar-refractivity contribution in [3.05, 3.63) is 47.3 Å². The van der Waals surface area contributed by atoms with Crippen LogP contribution in [0.5, 0.6) is 0 Å². The van der Waals surface area contributed by atoms with Gasteiger partial charge >= 0.3 is 0 Å². The number of amides is 1. The Hall–Kier alpha value is -2.14. The second kappa shape index (κ2) is 6.88. The number of benzene rings is 1. The molecular formula is C21H25NO3S. The lowest BCUT2D eigenvalue weighted by Gasteiger charge is -2.17. The van der Waals surface area contributed by atoms with Gasteiger partial charge in [0.05, 0.1) is 6.04 Å². The highest BCUT2D eigenvalue weighted by Crippen LogP contribution is 2.68. The summed E-state index contributed by atoms with van der Waals surface area (Å²) in [5.74, 6) is -0.0204. The zero-order valence-corrected chi connectivity index (χ0v) is 16.4. The van der Waals surface area contributed by atoms with Gasteiger partial charge in [0.15, 0.2) is 0 Å². The summed E-state index contributed by atoms with van der Waals surface area (Å²) in [5, 5.41) is 5.11.